The summed E-state index contributed by atoms with van der Waals surface area (Å²) in [7, 11) is 0. The molecule has 1 heterocycles. The molecule has 1 rings (SSSR count). The Morgan fingerprint density at radius 2 is 1.82 bits per heavy atom. The number of rotatable bonds is 13. The van der Waals surface area contributed by atoms with Gasteiger partial charge in [0.25, 0.3) is 0 Å². The van der Waals surface area contributed by atoms with Gasteiger partial charge >= 0.3 is 5.97 Å². The molecule has 1 aliphatic heterocycles. The number of aliphatic imine (C=N–C) groups is 1. The van der Waals surface area contributed by atoms with Crippen molar-refractivity contribution in [1.82, 2.24) is 16.0 Å². The zero-order valence-electron chi connectivity index (χ0n) is 16.2. The average Bonchev–Trinajstić information content (AvgIpc) is 3.17. The van der Waals surface area contributed by atoms with E-state index in [2.05, 4.69) is 20.9 Å². The second-order valence-electron chi connectivity index (χ2n) is 6.84. The normalized spacial score (nSPS) is 18.1. The smallest absolute Gasteiger partial charge is 0.326 e. The molecular weight excluding hydrogens is 366 g/mol. The summed E-state index contributed by atoms with van der Waals surface area (Å²) in [5.74, 6) is -1.97. The van der Waals surface area contributed by atoms with Crippen LogP contribution in [0.5, 0.6) is 0 Å². The van der Waals surface area contributed by atoms with Gasteiger partial charge in [0.2, 0.25) is 11.8 Å². The molecule has 0 saturated carbocycles. The number of carboxylic acids is 1. The van der Waals surface area contributed by atoms with Crippen LogP contribution >= 0.6 is 0 Å². The Morgan fingerprint density at radius 1 is 1.11 bits per heavy atom. The van der Waals surface area contributed by atoms with E-state index in [1.807, 2.05) is 0 Å². The topological polar surface area (TPSA) is 198 Å². The highest BCUT2D eigenvalue weighted by molar-refractivity contribution is 5.91. The van der Waals surface area contributed by atoms with E-state index in [9.17, 15) is 19.5 Å². The molecule has 1 saturated heterocycles. The second kappa shape index (κ2) is 12.9. The molecule has 0 spiro atoms. The van der Waals surface area contributed by atoms with Gasteiger partial charge in [-0.15, -0.1) is 0 Å². The molecule has 0 aromatic carbocycles. The number of hydrogen-bond donors (Lipinski definition) is 7. The van der Waals surface area contributed by atoms with Crippen molar-refractivity contribution < 1.29 is 19.5 Å². The van der Waals surface area contributed by atoms with Crippen LogP contribution in [0.1, 0.15) is 44.9 Å². The van der Waals surface area contributed by atoms with Crippen LogP contribution in [0.2, 0.25) is 0 Å². The third-order valence-corrected chi connectivity index (χ3v) is 4.52. The summed E-state index contributed by atoms with van der Waals surface area (Å²) in [6, 6.07) is -2.23. The summed E-state index contributed by atoms with van der Waals surface area (Å²) >= 11 is 0. The van der Waals surface area contributed by atoms with Crippen LogP contribution in [0.15, 0.2) is 4.99 Å². The lowest BCUT2D eigenvalue weighted by Gasteiger charge is -2.23. The van der Waals surface area contributed by atoms with Crippen LogP contribution in [-0.2, 0) is 14.4 Å². The minimum Gasteiger partial charge on any atom is -0.480 e. The standard InChI is InChI=1S/C17H33N7O4/c18-8-2-1-5-13(16(27)28)24-15(26)12(7-4-10-22-17(19)20)23-14(25)11-6-3-9-21-11/h11-13,21H,1-10,18H2,(H,23,25)(H,24,26)(H,27,28)(H4,19,20,22). The number of amides is 2. The number of carbonyl (C=O) groups excluding carboxylic acids is 2. The van der Waals surface area contributed by atoms with Crippen molar-refractivity contribution in [3.05, 3.63) is 0 Å². The van der Waals surface area contributed by atoms with Crippen LogP contribution in [0.25, 0.3) is 0 Å². The van der Waals surface area contributed by atoms with Gasteiger partial charge in [-0.2, -0.15) is 0 Å². The average molecular weight is 399 g/mol. The second-order valence-corrected chi connectivity index (χ2v) is 6.84. The quantitative estimate of drug-likeness (QED) is 0.104. The maximum atomic E-state index is 12.6. The summed E-state index contributed by atoms with van der Waals surface area (Å²) in [6.45, 7) is 1.52. The van der Waals surface area contributed by atoms with Gasteiger partial charge in [0.15, 0.2) is 5.96 Å². The third-order valence-electron chi connectivity index (χ3n) is 4.52. The Bertz CT molecular complexity index is 546. The van der Waals surface area contributed by atoms with E-state index in [1.54, 1.807) is 0 Å². The third kappa shape index (κ3) is 9.00. The lowest BCUT2D eigenvalue weighted by Crippen LogP contribution is -2.54. The number of hydrogen-bond acceptors (Lipinski definition) is 6. The van der Waals surface area contributed by atoms with E-state index in [0.29, 0.717) is 38.8 Å². The maximum absolute atomic E-state index is 12.6. The van der Waals surface area contributed by atoms with Gasteiger partial charge in [0.1, 0.15) is 12.1 Å². The first-order valence-electron chi connectivity index (χ1n) is 9.67. The van der Waals surface area contributed by atoms with Crippen LogP contribution in [0, 0.1) is 0 Å². The fraction of sp³-hybridized carbons (Fsp3) is 0.765. The molecule has 1 aliphatic rings. The van der Waals surface area contributed by atoms with Gasteiger partial charge < -0.3 is 38.3 Å². The van der Waals surface area contributed by atoms with Crippen molar-refractivity contribution in [3.8, 4) is 0 Å². The molecular formula is C17H33N7O4. The number of carboxylic acid groups (broad SMARTS) is 1. The molecule has 2 amide bonds. The van der Waals surface area contributed by atoms with E-state index in [-0.39, 0.29) is 30.8 Å². The molecule has 10 N–H and O–H groups in total. The van der Waals surface area contributed by atoms with Crippen LogP contribution in [0.4, 0.5) is 0 Å². The number of nitrogens with two attached hydrogens (primary N) is 3. The fourth-order valence-electron chi connectivity index (χ4n) is 2.98. The first-order valence-corrected chi connectivity index (χ1v) is 9.67. The minimum absolute atomic E-state index is 0.0500. The number of unbranched alkanes of at least 4 members (excludes halogenated alkanes) is 1. The summed E-state index contributed by atoms with van der Waals surface area (Å²) < 4.78 is 0. The predicted octanol–water partition coefficient (Wildman–Crippen LogP) is -2.02. The summed E-state index contributed by atoms with van der Waals surface area (Å²) in [5, 5.41) is 17.7. The van der Waals surface area contributed by atoms with Gasteiger partial charge in [-0.1, -0.05) is 0 Å². The molecule has 11 heteroatoms. The molecule has 11 nitrogen and oxygen atoms in total. The first kappa shape index (κ1) is 23.6. The molecule has 0 radical (unpaired) electrons. The first-order chi connectivity index (χ1) is 13.3. The lowest BCUT2D eigenvalue weighted by molar-refractivity contribution is -0.142. The van der Waals surface area contributed by atoms with E-state index < -0.39 is 24.0 Å². The van der Waals surface area contributed by atoms with Crippen LogP contribution in [-0.4, -0.2) is 66.6 Å². The summed E-state index contributed by atoms with van der Waals surface area (Å²) in [5.41, 5.74) is 16.0. The lowest BCUT2D eigenvalue weighted by atomic mass is 10.1. The Hall–Kier alpha value is -2.40. The molecule has 0 aromatic heterocycles. The highest BCUT2D eigenvalue weighted by Crippen LogP contribution is 2.08. The number of carbonyl (C=O) groups is 3. The molecule has 3 atom stereocenters. The zero-order chi connectivity index (χ0) is 20.9. The predicted molar refractivity (Wildman–Crippen MR) is 105 cm³/mol. The zero-order valence-corrected chi connectivity index (χ0v) is 16.2. The van der Waals surface area contributed by atoms with Gasteiger partial charge in [0.05, 0.1) is 6.04 Å². The monoisotopic (exact) mass is 399 g/mol. The van der Waals surface area contributed by atoms with Crippen molar-refractivity contribution in [2.24, 2.45) is 22.2 Å². The maximum Gasteiger partial charge on any atom is 0.326 e. The van der Waals surface area contributed by atoms with Crippen LogP contribution < -0.4 is 33.2 Å². The van der Waals surface area contributed by atoms with Gasteiger partial charge in [-0.3, -0.25) is 14.6 Å². The summed E-state index contributed by atoms with van der Waals surface area (Å²) in [4.78, 5) is 40.3. The van der Waals surface area contributed by atoms with Crippen molar-refractivity contribution in [1.29, 1.82) is 0 Å². The van der Waals surface area contributed by atoms with E-state index in [0.717, 1.165) is 13.0 Å². The Morgan fingerprint density at radius 3 is 2.39 bits per heavy atom. The summed E-state index contributed by atoms with van der Waals surface area (Å²) in [6.07, 6.45) is 3.87. The molecule has 160 valence electrons. The molecule has 3 unspecified atom stereocenters. The largest absolute Gasteiger partial charge is 0.480 e. The molecule has 0 bridgehead atoms. The number of aliphatic carboxylic acids is 1. The molecule has 0 aliphatic carbocycles. The Balaban J connectivity index is 2.70. The fourth-order valence-corrected chi connectivity index (χ4v) is 2.98. The van der Waals surface area contributed by atoms with Crippen molar-refractivity contribution >= 4 is 23.7 Å². The van der Waals surface area contributed by atoms with E-state index in [1.165, 1.54) is 0 Å². The highest BCUT2D eigenvalue weighted by Gasteiger charge is 2.29. The van der Waals surface area contributed by atoms with E-state index in [4.69, 9.17) is 17.2 Å². The number of nitrogens with zero attached hydrogens (tertiary/aromatic N) is 1. The van der Waals surface area contributed by atoms with E-state index >= 15 is 0 Å². The number of nitrogens with one attached hydrogen (secondary N) is 3. The van der Waals surface area contributed by atoms with Crippen molar-refractivity contribution in [2.75, 3.05) is 19.6 Å². The number of guanidine groups is 1. The van der Waals surface area contributed by atoms with Gasteiger partial charge in [0, 0.05) is 6.54 Å². The van der Waals surface area contributed by atoms with Gasteiger partial charge in [-0.25, -0.2) is 4.79 Å². The van der Waals surface area contributed by atoms with Crippen LogP contribution in [0.3, 0.4) is 0 Å². The molecule has 1 fully saturated rings. The highest BCUT2D eigenvalue weighted by atomic mass is 16.4. The molecule has 28 heavy (non-hydrogen) atoms. The molecule has 0 aromatic rings. The van der Waals surface area contributed by atoms with Gasteiger partial charge in [-0.05, 0) is 58.0 Å². The Labute approximate surface area is 164 Å². The van der Waals surface area contributed by atoms with Crippen molar-refractivity contribution in [3.63, 3.8) is 0 Å². The van der Waals surface area contributed by atoms with Crippen molar-refractivity contribution in [2.45, 2.75) is 63.1 Å². The Kier molecular flexibility index (Phi) is 10.9. The SMILES string of the molecule is NCCCCC(NC(=O)C(CCCN=C(N)N)NC(=O)C1CCCN1)C(=O)O. The minimum atomic E-state index is -1.12.